The summed E-state index contributed by atoms with van der Waals surface area (Å²) in [6.45, 7) is 1.64. The van der Waals surface area contributed by atoms with Crippen LogP contribution in [0.1, 0.15) is 24.3 Å². The SMILES string of the molecule is CCOC(=O)C(=O)NN1C(=O)C=C(c2ccccc2)OC1c1ccccc1. The van der Waals surface area contributed by atoms with Crippen LogP contribution in [-0.4, -0.2) is 29.4 Å². The van der Waals surface area contributed by atoms with Crippen molar-refractivity contribution in [1.82, 2.24) is 10.4 Å². The Balaban J connectivity index is 1.92. The van der Waals surface area contributed by atoms with Crippen LogP contribution < -0.4 is 5.43 Å². The van der Waals surface area contributed by atoms with E-state index in [4.69, 9.17) is 4.74 Å². The van der Waals surface area contributed by atoms with Crippen LogP contribution in [0, 0.1) is 0 Å². The molecule has 138 valence electrons. The fraction of sp³-hybridized carbons (Fsp3) is 0.150. The van der Waals surface area contributed by atoms with Crippen molar-refractivity contribution in [1.29, 1.82) is 0 Å². The highest BCUT2D eigenvalue weighted by Crippen LogP contribution is 2.32. The summed E-state index contributed by atoms with van der Waals surface area (Å²) in [4.78, 5) is 36.3. The lowest BCUT2D eigenvalue weighted by Gasteiger charge is -2.35. The van der Waals surface area contributed by atoms with Crippen LogP contribution in [0.2, 0.25) is 0 Å². The van der Waals surface area contributed by atoms with Gasteiger partial charge in [0.05, 0.1) is 6.61 Å². The van der Waals surface area contributed by atoms with Gasteiger partial charge in [-0.15, -0.1) is 0 Å². The molecule has 0 radical (unpaired) electrons. The molecule has 2 amide bonds. The molecule has 0 fully saturated rings. The number of esters is 1. The molecule has 2 aromatic rings. The Morgan fingerprint density at radius 1 is 1.07 bits per heavy atom. The molecule has 0 spiro atoms. The number of rotatable bonds is 4. The van der Waals surface area contributed by atoms with E-state index in [1.807, 2.05) is 36.4 Å². The first-order chi connectivity index (χ1) is 13.1. The van der Waals surface area contributed by atoms with Gasteiger partial charge in [-0.3, -0.25) is 15.0 Å². The van der Waals surface area contributed by atoms with E-state index in [2.05, 4.69) is 10.2 Å². The Labute approximate surface area is 156 Å². The molecule has 1 aliphatic heterocycles. The summed E-state index contributed by atoms with van der Waals surface area (Å²) < 4.78 is 10.6. The molecule has 1 atom stereocenters. The summed E-state index contributed by atoms with van der Waals surface area (Å²) in [5.74, 6) is -2.27. The summed E-state index contributed by atoms with van der Waals surface area (Å²) in [5.41, 5.74) is 3.64. The van der Waals surface area contributed by atoms with Gasteiger partial charge in [0.1, 0.15) is 5.76 Å². The van der Waals surface area contributed by atoms with Gasteiger partial charge >= 0.3 is 11.9 Å². The second-order valence-electron chi connectivity index (χ2n) is 5.63. The van der Waals surface area contributed by atoms with Crippen LogP contribution >= 0.6 is 0 Å². The second kappa shape index (κ2) is 8.18. The topological polar surface area (TPSA) is 84.9 Å². The largest absolute Gasteiger partial charge is 0.464 e. The van der Waals surface area contributed by atoms with Gasteiger partial charge in [-0.1, -0.05) is 60.7 Å². The second-order valence-corrected chi connectivity index (χ2v) is 5.63. The van der Waals surface area contributed by atoms with E-state index < -0.39 is 24.0 Å². The zero-order valence-corrected chi connectivity index (χ0v) is 14.6. The van der Waals surface area contributed by atoms with Crippen molar-refractivity contribution in [3.63, 3.8) is 0 Å². The molecule has 1 unspecified atom stereocenters. The molecule has 7 heteroatoms. The van der Waals surface area contributed by atoms with Crippen LogP contribution in [0.5, 0.6) is 0 Å². The maximum Gasteiger partial charge on any atom is 0.398 e. The number of hydrazine groups is 1. The Kier molecular flexibility index (Phi) is 5.51. The van der Waals surface area contributed by atoms with Crippen molar-refractivity contribution in [3.8, 4) is 0 Å². The predicted octanol–water partition coefficient (Wildman–Crippen LogP) is 2.18. The minimum Gasteiger partial charge on any atom is -0.464 e. The lowest BCUT2D eigenvalue weighted by atomic mass is 10.1. The smallest absolute Gasteiger partial charge is 0.398 e. The van der Waals surface area contributed by atoms with Crippen molar-refractivity contribution in [3.05, 3.63) is 77.9 Å². The van der Waals surface area contributed by atoms with Crippen molar-refractivity contribution >= 4 is 23.5 Å². The molecule has 2 aromatic carbocycles. The van der Waals surface area contributed by atoms with Crippen LogP contribution in [0.4, 0.5) is 0 Å². The molecule has 0 saturated heterocycles. The van der Waals surface area contributed by atoms with E-state index in [-0.39, 0.29) is 6.61 Å². The molecule has 0 bridgehead atoms. The molecule has 0 aromatic heterocycles. The minimum absolute atomic E-state index is 0.0525. The van der Waals surface area contributed by atoms with Crippen LogP contribution in [0.15, 0.2) is 66.7 Å². The summed E-state index contributed by atoms with van der Waals surface area (Å²) in [7, 11) is 0. The molecule has 1 heterocycles. The monoisotopic (exact) mass is 366 g/mol. The molecule has 27 heavy (non-hydrogen) atoms. The first-order valence-corrected chi connectivity index (χ1v) is 8.39. The highest BCUT2D eigenvalue weighted by Gasteiger charge is 2.34. The van der Waals surface area contributed by atoms with E-state index in [0.29, 0.717) is 11.3 Å². The van der Waals surface area contributed by atoms with Gasteiger partial charge in [0.15, 0.2) is 0 Å². The lowest BCUT2D eigenvalue weighted by molar-refractivity contribution is -0.163. The fourth-order valence-corrected chi connectivity index (χ4v) is 2.56. The van der Waals surface area contributed by atoms with Crippen LogP contribution in [-0.2, 0) is 23.9 Å². The number of amides is 2. The summed E-state index contributed by atoms with van der Waals surface area (Å²) >= 11 is 0. The molecular formula is C20H18N2O5. The predicted molar refractivity (Wildman–Crippen MR) is 96.3 cm³/mol. The van der Waals surface area contributed by atoms with Gasteiger partial charge in [0.2, 0.25) is 6.23 Å². The third-order valence-corrected chi connectivity index (χ3v) is 3.79. The van der Waals surface area contributed by atoms with E-state index in [0.717, 1.165) is 10.6 Å². The van der Waals surface area contributed by atoms with Crippen LogP contribution in [0.3, 0.4) is 0 Å². The number of carbonyl (C=O) groups is 3. The number of hydrogen-bond acceptors (Lipinski definition) is 5. The average Bonchev–Trinajstić information content (AvgIpc) is 2.70. The molecule has 3 rings (SSSR count). The van der Waals surface area contributed by atoms with E-state index in [1.165, 1.54) is 6.08 Å². The Hall–Kier alpha value is -3.61. The zero-order valence-electron chi connectivity index (χ0n) is 14.6. The summed E-state index contributed by atoms with van der Waals surface area (Å²) in [6, 6.07) is 18.1. The number of nitrogens with zero attached hydrogens (tertiary/aromatic N) is 1. The fourth-order valence-electron chi connectivity index (χ4n) is 2.56. The van der Waals surface area contributed by atoms with Crippen LogP contribution in [0.25, 0.3) is 5.76 Å². The average molecular weight is 366 g/mol. The lowest BCUT2D eigenvalue weighted by Crippen LogP contribution is -2.52. The maximum atomic E-state index is 12.7. The van der Waals surface area contributed by atoms with E-state index in [9.17, 15) is 14.4 Å². The Morgan fingerprint density at radius 3 is 2.33 bits per heavy atom. The number of hydrogen-bond donors (Lipinski definition) is 1. The van der Waals surface area contributed by atoms with E-state index >= 15 is 0 Å². The van der Waals surface area contributed by atoms with Crippen molar-refractivity contribution in [2.45, 2.75) is 13.2 Å². The molecule has 7 nitrogen and oxygen atoms in total. The molecule has 0 aliphatic carbocycles. The first-order valence-electron chi connectivity index (χ1n) is 8.39. The summed E-state index contributed by atoms with van der Waals surface area (Å²) in [6.07, 6.45) is 0.331. The molecular weight excluding hydrogens is 348 g/mol. The minimum atomic E-state index is -1.07. The standard InChI is InChI=1S/C20H18N2O5/c1-2-26-20(25)18(24)21-22-17(23)13-16(14-9-5-3-6-10-14)27-19(22)15-11-7-4-8-12-15/h3-13,19H,2H2,1H3,(H,21,24). The zero-order chi connectivity index (χ0) is 19.2. The number of carbonyl (C=O) groups excluding carboxylic acids is 3. The number of nitrogens with one attached hydrogen (secondary N) is 1. The van der Waals surface area contributed by atoms with Crippen molar-refractivity contribution < 1.29 is 23.9 Å². The third-order valence-electron chi connectivity index (χ3n) is 3.79. The molecule has 0 saturated carbocycles. The third kappa shape index (κ3) is 4.14. The number of ether oxygens (including phenoxy) is 2. The highest BCUT2D eigenvalue weighted by atomic mass is 16.5. The highest BCUT2D eigenvalue weighted by molar-refractivity contribution is 6.32. The van der Waals surface area contributed by atoms with Gasteiger partial charge in [-0.05, 0) is 6.92 Å². The first kappa shape index (κ1) is 18.2. The molecule has 1 aliphatic rings. The van der Waals surface area contributed by atoms with E-state index in [1.54, 1.807) is 31.2 Å². The Bertz CT molecular complexity index is 864. The maximum absolute atomic E-state index is 12.7. The van der Waals surface area contributed by atoms with Gasteiger partial charge in [0.25, 0.3) is 5.91 Å². The molecule has 1 N–H and O–H groups in total. The van der Waals surface area contributed by atoms with Crippen molar-refractivity contribution in [2.24, 2.45) is 0 Å². The summed E-state index contributed by atoms with van der Waals surface area (Å²) in [5, 5.41) is 0.973. The Morgan fingerprint density at radius 2 is 1.70 bits per heavy atom. The van der Waals surface area contributed by atoms with Crippen molar-refractivity contribution in [2.75, 3.05) is 6.61 Å². The van der Waals surface area contributed by atoms with Gasteiger partial charge in [-0.2, -0.15) is 0 Å². The quantitative estimate of drug-likeness (QED) is 0.662. The van der Waals surface area contributed by atoms with Gasteiger partial charge in [-0.25, -0.2) is 9.80 Å². The van der Waals surface area contributed by atoms with Gasteiger partial charge < -0.3 is 9.47 Å². The number of benzene rings is 2. The van der Waals surface area contributed by atoms with Gasteiger partial charge in [0, 0.05) is 17.2 Å². The normalized spacial score (nSPS) is 16.2.